The van der Waals surface area contributed by atoms with Gasteiger partial charge >= 0.3 is 5.97 Å². The van der Waals surface area contributed by atoms with Crippen LogP contribution >= 0.6 is 0 Å². The number of esters is 1. The van der Waals surface area contributed by atoms with E-state index in [0.717, 1.165) is 17.5 Å². The molecule has 1 aliphatic rings. The number of hydrogen-bond acceptors (Lipinski definition) is 6. The molecule has 0 atom stereocenters. The van der Waals surface area contributed by atoms with E-state index in [-0.39, 0.29) is 5.97 Å². The van der Waals surface area contributed by atoms with Crippen molar-refractivity contribution >= 4 is 11.7 Å². The van der Waals surface area contributed by atoms with E-state index in [1.165, 1.54) is 0 Å². The Hall–Kier alpha value is -2.24. The predicted octanol–water partition coefficient (Wildman–Crippen LogP) is 2.65. The van der Waals surface area contributed by atoms with Crippen molar-refractivity contribution in [1.82, 2.24) is 0 Å². The van der Waals surface area contributed by atoms with Gasteiger partial charge in [-0.3, -0.25) is 9.79 Å². The Morgan fingerprint density at radius 1 is 1.17 bits per heavy atom. The van der Waals surface area contributed by atoms with Crippen LogP contribution in [0.5, 0.6) is 17.2 Å². The minimum absolute atomic E-state index is 0.312. The number of carbonyl (C=O) groups is 1. The van der Waals surface area contributed by atoms with Crippen LogP contribution in [0.15, 0.2) is 11.1 Å². The van der Waals surface area contributed by atoms with Gasteiger partial charge in [0.2, 0.25) is 5.75 Å². The minimum atomic E-state index is -0.891. The summed E-state index contributed by atoms with van der Waals surface area (Å²) in [6.07, 6.45) is 0.744. The molecular weight excluding hydrogens is 310 g/mol. The highest BCUT2D eigenvalue weighted by molar-refractivity contribution is 6.17. The molecule has 0 aliphatic carbocycles. The van der Waals surface area contributed by atoms with Gasteiger partial charge < -0.3 is 18.9 Å². The number of ether oxygens (including phenoxy) is 4. The van der Waals surface area contributed by atoms with Crippen molar-refractivity contribution in [3.8, 4) is 17.2 Å². The quantitative estimate of drug-likeness (QED) is 0.748. The third kappa shape index (κ3) is 2.92. The van der Waals surface area contributed by atoms with Gasteiger partial charge in [-0.1, -0.05) is 0 Å². The second-order valence-corrected chi connectivity index (χ2v) is 6.01. The van der Waals surface area contributed by atoms with Gasteiger partial charge in [-0.25, -0.2) is 0 Å². The monoisotopic (exact) mass is 335 g/mol. The van der Waals surface area contributed by atoms with Crippen molar-refractivity contribution in [1.29, 1.82) is 0 Å². The van der Waals surface area contributed by atoms with Crippen LogP contribution in [0.25, 0.3) is 0 Å². The third-order valence-corrected chi connectivity index (χ3v) is 4.18. The molecule has 1 aromatic carbocycles. The van der Waals surface area contributed by atoms with Gasteiger partial charge in [0.25, 0.3) is 0 Å². The van der Waals surface area contributed by atoms with Crippen molar-refractivity contribution in [2.45, 2.75) is 27.2 Å². The smallest absolute Gasteiger partial charge is 0.317 e. The number of hydrogen-bond donors (Lipinski definition) is 0. The second-order valence-electron chi connectivity index (χ2n) is 6.01. The zero-order valence-corrected chi connectivity index (χ0v) is 15.2. The van der Waals surface area contributed by atoms with Gasteiger partial charge in [-0.2, -0.15) is 0 Å². The van der Waals surface area contributed by atoms with E-state index in [1.54, 1.807) is 28.3 Å². The molecule has 6 nitrogen and oxygen atoms in total. The molecule has 132 valence electrons. The van der Waals surface area contributed by atoms with Crippen LogP contribution in [0.2, 0.25) is 0 Å². The van der Waals surface area contributed by atoms with Crippen LogP contribution < -0.4 is 14.2 Å². The Balaban J connectivity index is 2.67. The summed E-state index contributed by atoms with van der Waals surface area (Å²) in [5.41, 5.74) is 1.57. The third-order valence-electron chi connectivity index (χ3n) is 4.18. The van der Waals surface area contributed by atoms with Gasteiger partial charge in [-0.15, -0.1) is 0 Å². The van der Waals surface area contributed by atoms with E-state index in [2.05, 4.69) is 4.99 Å². The molecule has 0 spiro atoms. The molecule has 0 radical (unpaired) electrons. The maximum atomic E-state index is 12.5. The van der Waals surface area contributed by atoms with E-state index in [9.17, 15) is 4.79 Å². The molecule has 0 N–H and O–H groups in total. The second kappa shape index (κ2) is 7.11. The molecule has 1 aromatic rings. The minimum Gasteiger partial charge on any atom is -0.493 e. The molecule has 1 heterocycles. The lowest BCUT2D eigenvalue weighted by Crippen LogP contribution is -2.38. The first kappa shape index (κ1) is 18.1. The Labute approximate surface area is 142 Å². The Bertz CT molecular complexity index is 664. The van der Waals surface area contributed by atoms with Gasteiger partial charge in [0.1, 0.15) is 5.41 Å². The van der Waals surface area contributed by atoms with Crippen molar-refractivity contribution in [2.24, 2.45) is 10.4 Å². The van der Waals surface area contributed by atoms with Crippen LogP contribution in [0.3, 0.4) is 0 Å². The normalized spacial score (nSPS) is 13.7. The van der Waals surface area contributed by atoms with Crippen molar-refractivity contribution in [3.63, 3.8) is 0 Å². The molecule has 0 aromatic heterocycles. The molecule has 0 unspecified atom stereocenters. The Morgan fingerprint density at radius 2 is 1.83 bits per heavy atom. The summed E-state index contributed by atoms with van der Waals surface area (Å²) in [5.74, 6) is 1.31. The fourth-order valence-corrected chi connectivity index (χ4v) is 2.95. The zero-order chi connectivity index (χ0) is 17.9. The highest BCUT2D eigenvalue weighted by Gasteiger charge is 2.40. The first-order chi connectivity index (χ1) is 11.4. The van der Waals surface area contributed by atoms with Gasteiger partial charge in [0.15, 0.2) is 11.5 Å². The highest BCUT2D eigenvalue weighted by atomic mass is 16.5. The van der Waals surface area contributed by atoms with Crippen LogP contribution in [-0.2, 0) is 16.0 Å². The fraction of sp³-hybridized carbons (Fsp3) is 0.556. The van der Waals surface area contributed by atoms with Crippen molar-refractivity contribution in [3.05, 3.63) is 17.2 Å². The van der Waals surface area contributed by atoms with Gasteiger partial charge in [0, 0.05) is 12.1 Å². The lowest BCUT2D eigenvalue weighted by molar-refractivity contribution is -0.149. The Kier molecular flexibility index (Phi) is 5.36. The summed E-state index contributed by atoms with van der Waals surface area (Å²) in [5, 5.41) is 0. The van der Waals surface area contributed by atoms with Crippen LogP contribution in [0, 0.1) is 5.41 Å². The molecule has 0 saturated heterocycles. The number of methoxy groups -OCH3 is 3. The average Bonchev–Trinajstić information content (AvgIpc) is 2.59. The van der Waals surface area contributed by atoms with E-state index in [1.807, 2.05) is 19.9 Å². The van der Waals surface area contributed by atoms with Crippen LogP contribution in [0.1, 0.15) is 31.9 Å². The highest BCUT2D eigenvalue weighted by Crippen LogP contribution is 2.45. The van der Waals surface area contributed by atoms with Crippen molar-refractivity contribution < 1.29 is 23.7 Å². The fourth-order valence-electron chi connectivity index (χ4n) is 2.95. The number of fused-ring (bicyclic) bond motifs is 1. The summed E-state index contributed by atoms with van der Waals surface area (Å²) >= 11 is 0. The lowest BCUT2D eigenvalue weighted by Gasteiger charge is -2.30. The van der Waals surface area contributed by atoms with E-state index < -0.39 is 5.41 Å². The molecule has 1 aliphatic heterocycles. The first-order valence-corrected chi connectivity index (χ1v) is 7.96. The molecule has 0 fully saturated rings. The lowest BCUT2D eigenvalue weighted by atomic mass is 9.79. The summed E-state index contributed by atoms with van der Waals surface area (Å²) in [6, 6.07) is 1.92. The molecule has 24 heavy (non-hydrogen) atoms. The summed E-state index contributed by atoms with van der Waals surface area (Å²) in [6.45, 7) is 6.35. The maximum Gasteiger partial charge on any atom is 0.317 e. The summed E-state index contributed by atoms with van der Waals surface area (Å²) < 4.78 is 21.7. The van der Waals surface area contributed by atoms with E-state index in [4.69, 9.17) is 18.9 Å². The number of carbonyl (C=O) groups excluding carboxylic acids is 1. The standard InChI is InChI=1S/C18H25NO5/c1-7-24-17(20)18(2,3)16-13-11(8-9-19-16)10-12(21-4)14(22-5)15(13)23-6/h10H,7-9H2,1-6H3. The van der Waals surface area contributed by atoms with Crippen molar-refractivity contribution in [2.75, 3.05) is 34.5 Å². The molecule has 0 amide bonds. The topological polar surface area (TPSA) is 66.4 Å². The molecule has 0 saturated carbocycles. The number of benzene rings is 1. The number of nitrogens with zero attached hydrogens (tertiary/aromatic N) is 1. The van der Waals surface area contributed by atoms with Gasteiger partial charge in [-0.05, 0) is 38.8 Å². The summed E-state index contributed by atoms with van der Waals surface area (Å²) in [4.78, 5) is 17.1. The molecule has 2 rings (SSSR count). The van der Waals surface area contributed by atoms with E-state index >= 15 is 0 Å². The predicted molar refractivity (Wildman–Crippen MR) is 91.6 cm³/mol. The van der Waals surface area contributed by atoms with E-state index in [0.29, 0.717) is 36.1 Å². The number of rotatable bonds is 6. The zero-order valence-electron chi connectivity index (χ0n) is 15.2. The SMILES string of the molecule is CCOC(=O)C(C)(C)C1=NCCc2cc(OC)c(OC)c(OC)c21. The maximum absolute atomic E-state index is 12.5. The van der Waals surface area contributed by atoms with Gasteiger partial charge in [0.05, 0.1) is 33.6 Å². The largest absolute Gasteiger partial charge is 0.493 e. The van der Waals surface area contributed by atoms with Crippen LogP contribution in [0.4, 0.5) is 0 Å². The van der Waals surface area contributed by atoms with Crippen LogP contribution in [-0.4, -0.2) is 46.2 Å². The average molecular weight is 335 g/mol. The molecule has 6 heteroatoms. The Morgan fingerprint density at radius 3 is 2.38 bits per heavy atom. The summed E-state index contributed by atoms with van der Waals surface area (Å²) in [7, 11) is 4.72. The number of aliphatic imine (C=N–C) groups is 1. The first-order valence-electron chi connectivity index (χ1n) is 7.96. The molecular formula is C18H25NO5. The molecule has 0 bridgehead atoms.